The van der Waals surface area contributed by atoms with Gasteiger partial charge in [0, 0.05) is 24.0 Å². The van der Waals surface area contributed by atoms with Crippen LogP contribution in [0.5, 0.6) is 0 Å². The van der Waals surface area contributed by atoms with Crippen LogP contribution in [0.3, 0.4) is 0 Å². The quantitative estimate of drug-likeness (QED) is 0.707. The van der Waals surface area contributed by atoms with Gasteiger partial charge in [-0.1, -0.05) is 13.8 Å². The molecule has 1 aromatic heterocycles. The Labute approximate surface area is 77.2 Å². The van der Waals surface area contributed by atoms with E-state index in [2.05, 4.69) is 24.1 Å². The van der Waals surface area contributed by atoms with E-state index in [9.17, 15) is 4.39 Å². The molecule has 0 amide bonds. The van der Waals surface area contributed by atoms with Gasteiger partial charge in [0.2, 0.25) is 5.95 Å². The van der Waals surface area contributed by atoms with Crippen molar-refractivity contribution in [3.8, 4) is 0 Å². The Morgan fingerprint density at radius 1 is 1.62 bits per heavy atom. The standard InChI is InChI=1S/C10H13FN2/c1-10(2)6-8(10)13-7-3-4-12-9(11)5-7/h3-5,8H,6H2,1-2H3,(H,12,13). The number of hydrogen-bond acceptors (Lipinski definition) is 2. The minimum absolute atomic E-state index is 0.361. The fourth-order valence-electron chi connectivity index (χ4n) is 1.41. The van der Waals surface area contributed by atoms with Gasteiger partial charge in [-0.05, 0) is 17.9 Å². The molecule has 0 saturated heterocycles. The number of anilines is 1. The van der Waals surface area contributed by atoms with Crippen LogP contribution in [-0.4, -0.2) is 11.0 Å². The summed E-state index contributed by atoms with van der Waals surface area (Å²) < 4.78 is 12.7. The van der Waals surface area contributed by atoms with Gasteiger partial charge in [-0.2, -0.15) is 4.39 Å². The first kappa shape index (κ1) is 8.48. The molecule has 2 rings (SSSR count). The van der Waals surface area contributed by atoms with Crippen molar-refractivity contribution in [1.82, 2.24) is 4.98 Å². The second kappa shape index (κ2) is 2.69. The molecule has 0 spiro atoms. The molecule has 1 unspecified atom stereocenters. The van der Waals surface area contributed by atoms with Gasteiger partial charge in [-0.3, -0.25) is 0 Å². The summed E-state index contributed by atoms with van der Waals surface area (Å²) in [6.07, 6.45) is 2.63. The van der Waals surface area contributed by atoms with Gasteiger partial charge >= 0.3 is 0 Å². The molecule has 2 nitrogen and oxygen atoms in total. The van der Waals surface area contributed by atoms with Crippen molar-refractivity contribution in [2.45, 2.75) is 26.3 Å². The smallest absolute Gasteiger partial charge is 0.214 e. The molecular formula is C10H13FN2. The van der Waals surface area contributed by atoms with Gasteiger partial charge in [0.1, 0.15) is 0 Å². The van der Waals surface area contributed by atoms with Crippen molar-refractivity contribution in [1.29, 1.82) is 0 Å². The molecule has 0 bridgehead atoms. The minimum Gasteiger partial charge on any atom is -0.382 e. The normalized spacial score (nSPS) is 24.1. The molecule has 1 aliphatic rings. The molecular weight excluding hydrogens is 167 g/mol. The lowest BCUT2D eigenvalue weighted by Gasteiger charge is -2.07. The Morgan fingerprint density at radius 3 is 2.85 bits per heavy atom. The van der Waals surface area contributed by atoms with Crippen molar-refractivity contribution in [2.75, 3.05) is 5.32 Å². The summed E-state index contributed by atoms with van der Waals surface area (Å²) in [5, 5.41) is 3.27. The third-order valence-electron chi connectivity index (χ3n) is 2.58. The van der Waals surface area contributed by atoms with Gasteiger partial charge in [0.15, 0.2) is 0 Å². The summed E-state index contributed by atoms with van der Waals surface area (Å²) in [4.78, 5) is 3.50. The molecule has 1 heterocycles. The second-order valence-electron chi connectivity index (χ2n) is 4.26. The first-order valence-corrected chi connectivity index (χ1v) is 4.46. The molecule has 1 aromatic rings. The molecule has 1 aliphatic carbocycles. The number of pyridine rings is 1. The number of aromatic nitrogens is 1. The SMILES string of the molecule is CC1(C)CC1Nc1ccnc(F)c1. The Hall–Kier alpha value is -1.12. The lowest BCUT2D eigenvalue weighted by atomic mass is 10.2. The zero-order valence-corrected chi connectivity index (χ0v) is 7.84. The van der Waals surface area contributed by atoms with E-state index in [1.54, 1.807) is 6.07 Å². The molecule has 1 saturated carbocycles. The van der Waals surface area contributed by atoms with Crippen LogP contribution in [0, 0.1) is 11.4 Å². The Morgan fingerprint density at radius 2 is 2.31 bits per heavy atom. The van der Waals surface area contributed by atoms with E-state index in [1.165, 1.54) is 12.3 Å². The Kier molecular flexibility index (Phi) is 1.75. The summed E-state index contributed by atoms with van der Waals surface area (Å²) in [7, 11) is 0. The van der Waals surface area contributed by atoms with E-state index >= 15 is 0 Å². The number of halogens is 1. The fourth-order valence-corrected chi connectivity index (χ4v) is 1.41. The molecule has 1 atom stereocenters. The number of rotatable bonds is 2. The highest BCUT2D eigenvalue weighted by atomic mass is 19.1. The highest BCUT2D eigenvalue weighted by Crippen LogP contribution is 2.46. The lowest BCUT2D eigenvalue weighted by molar-refractivity contribution is 0.583. The van der Waals surface area contributed by atoms with Gasteiger partial charge in [0.25, 0.3) is 0 Å². The summed E-state index contributed by atoms with van der Waals surface area (Å²) >= 11 is 0. The first-order valence-electron chi connectivity index (χ1n) is 4.46. The van der Waals surface area contributed by atoms with Crippen molar-refractivity contribution >= 4 is 5.69 Å². The van der Waals surface area contributed by atoms with Crippen LogP contribution in [0.15, 0.2) is 18.3 Å². The third-order valence-corrected chi connectivity index (χ3v) is 2.58. The number of nitrogens with zero attached hydrogens (tertiary/aromatic N) is 1. The van der Waals surface area contributed by atoms with Crippen molar-refractivity contribution in [3.05, 3.63) is 24.3 Å². The highest BCUT2D eigenvalue weighted by molar-refractivity contribution is 5.44. The average molecular weight is 180 g/mol. The average Bonchev–Trinajstić information content (AvgIpc) is 2.58. The molecule has 0 aromatic carbocycles. The second-order valence-corrected chi connectivity index (χ2v) is 4.26. The van der Waals surface area contributed by atoms with Crippen LogP contribution in [0.4, 0.5) is 10.1 Å². The number of nitrogens with one attached hydrogen (secondary N) is 1. The topological polar surface area (TPSA) is 24.9 Å². The van der Waals surface area contributed by atoms with Gasteiger partial charge in [0.05, 0.1) is 0 Å². The monoisotopic (exact) mass is 180 g/mol. The van der Waals surface area contributed by atoms with E-state index in [1.807, 2.05) is 0 Å². The molecule has 3 heteroatoms. The zero-order valence-electron chi connectivity index (χ0n) is 7.84. The van der Waals surface area contributed by atoms with Crippen molar-refractivity contribution < 1.29 is 4.39 Å². The first-order chi connectivity index (χ1) is 6.08. The largest absolute Gasteiger partial charge is 0.382 e. The lowest BCUT2D eigenvalue weighted by Crippen LogP contribution is -2.08. The summed E-state index contributed by atoms with van der Waals surface area (Å²) in [5.41, 5.74) is 1.18. The summed E-state index contributed by atoms with van der Waals surface area (Å²) in [6.45, 7) is 4.39. The summed E-state index contributed by atoms with van der Waals surface area (Å²) in [5.74, 6) is -0.427. The van der Waals surface area contributed by atoms with E-state index in [0.717, 1.165) is 12.1 Å². The zero-order chi connectivity index (χ0) is 9.47. The third kappa shape index (κ3) is 1.79. The maximum atomic E-state index is 12.7. The number of hydrogen-bond donors (Lipinski definition) is 1. The Bertz CT molecular complexity index is 322. The van der Waals surface area contributed by atoms with E-state index in [-0.39, 0.29) is 0 Å². The van der Waals surface area contributed by atoms with Crippen LogP contribution in [0.25, 0.3) is 0 Å². The van der Waals surface area contributed by atoms with Crippen LogP contribution in [0.1, 0.15) is 20.3 Å². The van der Waals surface area contributed by atoms with Crippen molar-refractivity contribution in [2.24, 2.45) is 5.41 Å². The molecule has 70 valence electrons. The minimum atomic E-state index is -0.427. The van der Waals surface area contributed by atoms with E-state index < -0.39 is 5.95 Å². The Balaban J connectivity index is 2.03. The maximum Gasteiger partial charge on any atom is 0.214 e. The van der Waals surface area contributed by atoms with Crippen LogP contribution < -0.4 is 5.32 Å². The fraction of sp³-hybridized carbons (Fsp3) is 0.500. The molecule has 1 N–H and O–H groups in total. The predicted octanol–water partition coefficient (Wildman–Crippen LogP) is 2.43. The van der Waals surface area contributed by atoms with Crippen molar-refractivity contribution in [3.63, 3.8) is 0 Å². The van der Waals surface area contributed by atoms with Gasteiger partial charge < -0.3 is 5.32 Å². The van der Waals surface area contributed by atoms with Gasteiger partial charge in [-0.25, -0.2) is 4.98 Å². The van der Waals surface area contributed by atoms with Gasteiger partial charge in [-0.15, -0.1) is 0 Å². The maximum absolute atomic E-state index is 12.7. The van der Waals surface area contributed by atoms with E-state index in [0.29, 0.717) is 11.5 Å². The molecule has 1 fully saturated rings. The van der Waals surface area contributed by atoms with E-state index in [4.69, 9.17) is 0 Å². The van der Waals surface area contributed by atoms with Crippen LogP contribution in [0.2, 0.25) is 0 Å². The predicted molar refractivity (Wildman–Crippen MR) is 50.0 cm³/mol. The highest BCUT2D eigenvalue weighted by Gasteiger charge is 2.45. The molecule has 0 aliphatic heterocycles. The summed E-state index contributed by atoms with van der Waals surface area (Å²) in [6, 6.07) is 3.69. The van der Waals surface area contributed by atoms with Crippen LogP contribution in [-0.2, 0) is 0 Å². The van der Waals surface area contributed by atoms with Crippen LogP contribution >= 0.6 is 0 Å². The molecule has 13 heavy (non-hydrogen) atoms. The molecule has 0 radical (unpaired) electrons.